The van der Waals surface area contributed by atoms with E-state index in [2.05, 4.69) is 53.8 Å². The lowest BCUT2D eigenvalue weighted by Crippen LogP contribution is -2.41. The third-order valence-corrected chi connectivity index (χ3v) is 4.48. The highest BCUT2D eigenvalue weighted by Gasteiger charge is 2.33. The number of carbonyl (C=O) groups is 1. The number of hydrogen-bond acceptors (Lipinski definition) is 3. The van der Waals surface area contributed by atoms with Crippen LogP contribution in [0.1, 0.15) is 36.9 Å². The fraction of sp³-hybridized carbons (Fsp3) is 0.474. The van der Waals surface area contributed by atoms with Crippen LogP contribution < -0.4 is 10.6 Å². The predicted octanol–water partition coefficient (Wildman–Crippen LogP) is 2.44. The van der Waals surface area contributed by atoms with Crippen LogP contribution >= 0.6 is 0 Å². The molecule has 1 fully saturated rings. The van der Waals surface area contributed by atoms with Crippen LogP contribution in [0.5, 0.6) is 0 Å². The topological polar surface area (TPSA) is 59.0 Å². The molecule has 1 heterocycles. The standard InChI is InChI=1S/C19H26N4O/c1-14-4-6-16(7-5-14)19(17-8-9-17)22-18(24)12-20-15(2)13-23-11-3-10-21-23/h3-7,10-11,15,17,19-20H,8-9,12-13H2,1-2H3,(H,22,24). The zero-order chi connectivity index (χ0) is 16.9. The first-order valence-electron chi connectivity index (χ1n) is 8.68. The van der Waals surface area contributed by atoms with E-state index in [1.165, 1.54) is 24.0 Å². The highest BCUT2D eigenvalue weighted by atomic mass is 16.2. The van der Waals surface area contributed by atoms with Crippen LogP contribution in [0.4, 0.5) is 0 Å². The molecule has 5 nitrogen and oxygen atoms in total. The van der Waals surface area contributed by atoms with Crippen molar-refractivity contribution in [3.05, 3.63) is 53.9 Å². The Morgan fingerprint density at radius 1 is 1.33 bits per heavy atom. The van der Waals surface area contributed by atoms with Crippen molar-refractivity contribution in [1.29, 1.82) is 0 Å². The summed E-state index contributed by atoms with van der Waals surface area (Å²) in [5.41, 5.74) is 2.45. The molecule has 3 rings (SSSR count). The summed E-state index contributed by atoms with van der Waals surface area (Å²) in [4.78, 5) is 12.3. The monoisotopic (exact) mass is 326 g/mol. The Bertz CT molecular complexity index is 647. The van der Waals surface area contributed by atoms with Crippen LogP contribution in [0.3, 0.4) is 0 Å². The van der Waals surface area contributed by atoms with Gasteiger partial charge in [0.05, 0.1) is 19.1 Å². The summed E-state index contributed by atoms with van der Waals surface area (Å²) in [5, 5.41) is 10.7. The van der Waals surface area contributed by atoms with Crippen LogP contribution in [0.25, 0.3) is 0 Å². The van der Waals surface area contributed by atoms with Gasteiger partial charge in [0.25, 0.3) is 0 Å². The highest BCUT2D eigenvalue weighted by molar-refractivity contribution is 5.78. The molecular formula is C19H26N4O. The lowest BCUT2D eigenvalue weighted by molar-refractivity contribution is -0.121. The fourth-order valence-corrected chi connectivity index (χ4v) is 2.92. The molecule has 0 saturated heterocycles. The second-order valence-electron chi connectivity index (χ2n) is 6.80. The number of aromatic nitrogens is 2. The Morgan fingerprint density at radius 3 is 2.71 bits per heavy atom. The first-order valence-corrected chi connectivity index (χ1v) is 8.68. The number of nitrogens with zero attached hydrogens (tertiary/aromatic N) is 2. The largest absolute Gasteiger partial charge is 0.348 e. The first kappa shape index (κ1) is 16.7. The van der Waals surface area contributed by atoms with E-state index in [0.717, 1.165) is 6.54 Å². The molecule has 2 atom stereocenters. The summed E-state index contributed by atoms with van der Waals surface area (Å²) in [7, 11) is 0. The molecule has 2 N–H and O–H groups in total. The van der Waals surface area contributed by atoms with E-state index in [4.69, 9.17) is 0 Å². The minimum absolute atomic E-state index is 0.0554. The van der Waals surface area contributed by atoms with Gasteiger partial charge in [0.15, 0.2) is 0 Å². The lowest BCUT2D eigenvalue weighted by Gasteiger charge is -2.20. The summed E-state index contributed by atoms with van der Waals surface area (Å²) < 4.78 is 1.87. The summed E-state index contributed by atoms with van der Waals surface area (Å²) >= 11 is 0. The molecular weight excluding hydrogens is 300 g/mol. The van der Waals surface area contributed by atoms with Gasteiger partial charge >= 0.3 is 0 Å². The van der Waals surface area contributed by atoms with Crippen molar-refractivity contribution >= 4 is 5.91 Å². The van der Waals surface area contributed by atoms with Gasteiger partial charge in [-0.3, -0.25) is 9.48 Å². The predicted molar refractivity (Wildman–Crippen MR) is 94.5 cm³/mol. The van der Waals surface area contributed by atoms with Gasteiger partial charge in [-0.2, -0.15) is 5.10 Å². The van der Waals surface area contributed by atoms with Crippen molar-refractivity contribution in [2.24, 2.45) is 5.92 Å². The van der Waals surface area contributed by atoms with E-state index in [0.29, 0.717) is 12.5 Å². The van der Waals surface area contributed by atoms with Crippen LogP contribution in [-0.2, 0) is 11.3 Å². The van der Waals surface area contributed by atoms with Crippen molar-refractivity contribution in [2.75, 3.05) is 6.54 Å². The number of rotatable bonds is 8. The van der Waals surface area contributed by atoms with Gasteiger partial charge in [0, 0.05) is 18.4 Å². The molecule has 1 amide bonds. The molecule has 0 radical (unpaired) electrons. The maximum atomic E-state index is 12.3. The summed E-state index contributed by atoms with van der Waals surface area (Å²) in [6.45, 7) is 5.23. The van der Waals surface area contributed by atoms with Gasteiger partial charge < -0.3 is 10.6 Å². The molecule has 1 saturated carbocycles. The van der Waals surface area contributed by atoms with Gasteiger partial charge in [0.1, 0.15) is 0 Å². The molecule has 0 bridgehead atoms. The maximum Gasteiger partial charge on any atom is 0.234 e. The van der Waals surface area contributed by atoms with Gasteiger partial charge in [-0.25, -0.2) is 0 Å². The van der Waals surface area contributed by atoms with Crippen molar-refractivity contribution in [2.45, 2.75) is 45.3 Å². The van der Waals surface area contributed by atoms with Crippen LogP contribution in [-0.4, -0.2) is 28.3 Å². The minimum atomic E-state index is 0.0554. The Labute approximate surface area is 143 Å². The van der Waals surface area contributed by atoms with Crippen molar-refractivity contribution in [3.8, 4) is 0 Å². The van der Waals surface area contributed by atoms with Crippen molar-refractivity contribution in [1.82, 2.24) is 20.4 Å². The molecule has 2 aromatic rings. The molecule has 0 spiro atoms. The molecule has 0 aliphatic heterocycles. The molecule has 1 aliphatic carbocycles. The average Bonchev–Trinajstić information content (AvgIpc) is 3.29. The molecule has 1 aromatic heterocycles. The molecule has 1 aliphatic rings. The Kier molecular flexibility index (Phi) is 5.30. The number of aryl methyl sites for hydroxylation is 1. The summed E-state index contributed by atoms with van der Waals surface area (Å²) in [5.74, 6) is 0.637. The van der Waals surface area contributed by atoms with E-state index >= 15 is 0 Å². The van der Waals surface area contributed by atoms with Crippen molar-refractivity contribution in [3.63, 3.8) is 0 Å². The summed E-state index contributed by atoms with van der Waals surface area (Å²) in [6.07, 6.45) is 6.09. The second-order valence-corrected chi connectivity index (χ2v) is 6.80. The first-order chi connectivity index (χ1) is 11.6. The van der Waals surface area contributed by atoms with Crippen LogP contribution in [0, 0.1) is 12.8 Å². The number of nitrogens with one attached hydrogen (secondary N) is 2. The number of amides is 1. The SMILES string of the molecule is Cc1ccc(C(NC(=O)CNC(C)Cn2cccn2)C2CC2)cc1. The zero-order valence-corrected chi connectivity index (χ0v) is 14.4. The smallest absolute Gasteiger partial charge is 0.234 e. The Balaban J connectivity index is 1.49. The van der Waals surface area contributed by atoms with Crippen LogP contribution in [0.15, 0.2) is 42.7 Å². The lowest BCUT2D eigenvalue weighted by atomic mass is 10.0. The minimum Gasteiger partial charge on any atom is -0.348 e. The van der Waals surface area contributed by atoms with E-state index in [1.807, 2.05) is 16.9 Å². The van der Waals surface area contributed by atoms with E-state index in [-0.39, 0.29) is 18.0 Å². The van der Waals surface area contributed by atoms with Crippen molar-refractivity contribution < 1.29 is 4.79 Å². The molecule has 24 heavy (non-hydrogen) atoms. The maximum absolute atomic E-state index is 12.3. The van der Waals surface area contributed by atoms with Gasteiger partial charge in [0.2, 0.25) is 5.91 Å². The average molecular weight is 326 g/mol. The van der Waals surface area contributed by atoms with Gasteiger partial charge in [-0.15, -0.1) is 0 Å². The second kappa shape index (κ2) is 7.62. The highest BCUT2D eigenvalue weighted by Crippen LogP contribution is 2.40. The normalized spacial score (nSPS) is 16.6. The number of hydrogen-bond donors (Lipinski definition) is 2. The van der Waals surface area contributed by atoms with E-state index < -0.39 is 0 Å². The fourth-order valence-electron chi connectivity index (χ4n) is 2.92. The van der Waals surface area contributed by atoms with Gasteiger partial charge in [-0.05, 0) is 44.2 Å². The quantitative estimate of drug-likeness (QED) is 0.783. The molecule has 128 valence electrons. The van der Waals surface area contributed by atoms with E-state index in [1.54, 1.807) is 6.20 Å². The third-order valence-electron chi connectivity index (χ3n) is 4.48. The molecule has 2 unspecified atom stereocenters. The Hall–Kier alpha value is -2.14. The van der Waals surface area contributed by atoms with E-state index in [9.17, 15) is 4.79 Å². The number of carbonyl (C=O) groups excluding carboxylic acids is 1. The zero-order valence-electron chi connectivity index (χ0n) is 14.4. The Morgan fingerprint density at radius 2 is 2.08 bits per heavy atom. The van der Waals surface area contributed by atoms with Crippen LogP contribution in [0.2, 0.25) is 0 Å². The molecule has 1 aromatic carbocycles. The molecule has 5 heteroatoms. The number of benzene rings is 1. The summed E-state index contributed by atoms with van der Waals surface area (Å²) in [6, 6.07) is 10.7. The van der Waals surface area contributed by atoms with Gasteiger partial charge in [-0.1, -0.05) is 29.8 Å². The third kappa shape index (κ3) is 4.68.